The maximum absolute atomic E-state index is 12.5. The van der Waals surface area contributed by atoms with Crippen LogP contribution in [0.4, 0.5) is 11.6 Å². The Morgan fingerprint density at radius 3 is 2.24 bits per heavy atom. The molecule has 1 aliphatic heterocycles. The van der Waals surface area contributed by atoms with Gasteiger partial charge in [0.05, 0.1) is 5.92 Å². The van der Waals surface area contributed by atoms with Crippen LogP contribution in [0.2, 0.25) is 0 Å². The van der Waals surface area contributed by atoms with Crippen molar-refractivity contribution in [2.24, 2.45) is 5.92 Å². The van der Waals surface area contributed by atoms with Gasteiger partial charge in [0.25, 0.3) is 0 Å². The van der Waals surface area contributed by atoms with Gasteiger partial charge in [0.15, 0.2) is 0 Å². The molecular formula is C19H22N4O2. The van der Waals surface area contributed by atoms with Gasteiger partial charge in [-0.15, -0.1) is 0 Å². The SMILES string of the molecule is Cc1cc(C)cc(N2C[C@@H](C(=O)Nc3nc(C)cc(C)n3)CC2=O)c1. The molecule has 1 atom stereocenters. The zero-order valence-electron chi connectivity index (χ0n) is 15.0. The van der Waals surface area contributed by atoms with Crippen LogP contribution in [-0.4, -0.2) is 28.3 Å². The molecular weight excluding hydrogens is 316 g/mol. The van der Waals surface area contributed by atoms with Crippen molar-refractivity contribution in [2.75, 3.05) is 16.8 Å². The predicted octanol–water partition coefficient (Wildman–Crippen LogP) is 2.70. The molecule has 1 fully saturated rings. The van der Waals surface area contributed by atoms with Crippen LogP contribution in [0.1, 0.15) is 28.9 Å². The minimum Gasteiger partial charge on any atom is -0.312 e. The highest BCUT2D eigenvalue weighted by molar-refractivity contribution is 6.03. The molecule has 1 saturated heterocycles. The molecule has 1 aliphatic rings. The fourth-order valence-electron chi connectivity index (χ4n) is 3.23. The number of amides is 2. The van der Waals surface area contributed by atoms with Crippen LogP contribution in [0.5, 0.6) is 0 Å². The number of aromatic nitrogens is 2. The van der Waals surface area contributed by atoms with Gasteiger partial charge in [-0.25, -0.2) is 9.97 Å². The fourth-order valence-corrected chi connectivity index (χ4v) is 3.23. The topological polar surface area (TPSA) is 75.2 Å². The Morgan fingerprint density at radius 2 is 1.64 bits per heavy atom. The van der Waals surface area contributed by atoms with Crippen molar-refractivity contribution in [3.05, 3.63) is 46.8 Å². The molecule has 6 nitrogen and oxygen atoms in total. The third kappa shape index (κ3) is 3.84. The lowest BCUT2D eigenvalue weighted by molar-refractivity contribution is -0.122. The predicted molar refractivity (Wildman–Crippen MR) is 96.5 cm³/mol. The Bertz CT molecular complexity index is 807. The van der Waals surface area contributed by atoms with Gasteiger partial charge in [0.1, 0.15) is 0 Å². The Hall–Kier alpha value is -2.76. The van der Waals surface area contributed by atoms with Crippen molar-refractivity contribution in [1.29, 1.82) is 0 Å². The number of carbonyl (C=O) groups is 2. The van der Waals surface area contributed by atoms with Crippen LogP contribution in [0, 0.1) is 33.6 Å². The van der Waals surface area contributed by atoms with E-state index in [2.05, 4.69) is 21.4 Å². The molecule has 3 rings (SSSR count). The van der Waals surface area contributed by atoms with E-state index >= 15 is 0 Å². The van der Waals surface area contributed by atoms with Crippen molar-refractivity contribution < 1.29 is 9.59 Å². The highest BCUT2D eigenvalue weighted by Crippen LogP contribution is 2.27. The van der Waals surface area contributed by atoms with E-state index in [9.17, 15) is 9.59 Å². The van der Waals surface area contributed by atoms with Crippen molar-refractivity contribution in [3.63, 3.8) is 0 Å². The van der Waals surface area contributed by atoms with Gasteiger partial charge < -0.3 is 4.90 Å². The molecule has 0 aliphatic carbocycles. The quantitative estimate of drug-likeness (QED) is 0.934. The van der Waals surface area contributed by atoms with Crippen molar-refractivity contribution >= 4 is 23.5 Å². The van der Waals surface area contributed by atoms with E-state index in [1.165, 1.54) is 0 Å². The van der Waals surface area contributed by atoms with Gasteiger partial charge in [-0.1, -0.05) is 6.07 Å². The summed E-state index contributed by atoms with van der Waals surface area (Å²) in [5.41, 5.74) is 4.63. The number of hydrogen-bond acceptors (Lipinski definition) is 4. The number of benzene rings is 1. The Balaban J connectivity index is 1.74. The molecule has 1 aromatic heterocycles. The van der Waals surface area contributed by atoms with E-state index in [0.717, 1.165) is 28.2 Å². The minimum absolute atomic E-state index is 0.0357. The lowest BCUT2D eigenvalue weighted by Gasteiger charge is -2.18. The van der Waals surface area contributed by atoms with Gasteiger partial charge in [-0.2, -0.15) is 0 Å². The first kappa shape index (κ1) is 17.1. The molecule has 2 aromatic rings. The first-order valence-corrected chi connectivity index (χ1v) is 8.33. The van der Waals surface area contributed by atoms with Crippen molar-refractivity contribution in [1.82, 2.24) is 9.97 Å². The smallest absolute Gasteiger partial charge is 0.232 e. The Morgan fingerprint density at radius 1 is 1.04 bits per heavy atom. The average Bonchev–Trinajstić information content (AvgIpc) is 2.87. The first-order valence-electron chi connectivity index (χ1n) is 8.33. The van der Waals surface area contributed by atoms with Crippen LogP contribution in [0.15, 0.2) is 24.3 Å². The largest absolute Gasteiger partial charge is 0.312 e. The van der Waals surface area contributed by atoms with E-state index in [1.807, 2.05) is 45.9 Å². The van der Waals surface area contributed by atoms with Gasteiger partial charge in [0.2, 0.25) is 17.8 Å². The van der Waals surface area contributed by atoms with Gasteiger partial charge in [-0.3, -0.25) is 14.9 Å². The number of nitrogens with one attached hydrogen (secondary N) is 1. The number of anilines is 2. The van der Waals surface area contributed by atoms with Crippen LogP contribution < -0.4 is 10.2 Å². The molecule has 1 aromatic carbocycles. The highest BCUT2D eigenvalue weighted by Gasteiger charge is 2.35. The lowest BCUT2D eigenvalue weighted by Crippen LogP contribution is -2.28. The third-order valence-corrected chi connectivity index (χ3v) is 4.23. The monoisotopic (exact) mass is 338 g/mol. The van der Waals surface area contributed by atoms with Crippen LogP contribution >= 0.6 is 0 Å². The zero-order valence-corrected chi connectivity index (χ0v) is 15.0. The summed E-state index contributed by atoms with van der Waals surface area (Å²) < 4.78 is 0. The maximum Gasteiger partial charge on any atom is 0.232 e. The van der Waals surface area contributed by atoms with Crippen LogP contribution in [0.25, 0.3) is 0 Å². The highest BCUT2D eigenvalue weighted by atomic mass is 16.2. The first-order chi connectivity index (χ1) is 11.8. The van der Waals surface area contributed by atoms with E-state index < -0.39 is 5.92 Å². The fraction of sp³-hybridized carbons (Fsp3) is 0.368. The lowest BCUT2D eigenvalue weighted by atomic mass is 10.1. The summed E-state index contributed by atoms with van der Waals surface area (Å²) in [6.07, 6.45) is 0.198. The number of carbonyl (C=O) groups excluding carboxylic acids is 2. The molecule has 2 heterocycles. The molecule has 25 heavy (non-hydrogen) atoms. The van der Waals surface area contributed by atoms with Crippen molar-refractivity contribution in [3.8, 4) is 0 Å². The molecule has 6 heteroatoms. The summed E-state index contributed by atoms with van der Waals surface area (Å²) in [5.74, 6) is -0.366. The van der Waals surface area contributed by atoms with Gasteiger partial charge >= 0.3 is 0 Å². The number of nitrogens with zero attached hydrogens (tertiary/aromatic N) is 3. The van der Waals surface area contributed by atoms with Crippen LogP contribution in [0.3, 0.4) is 0 Å². The van der Waals surface area contributed by atoms with Crippen molar-refractivity contribution in [2.45, 2.75) is 34.1 Å². The number of rotatable bonds is 3. The summed E-state index contributed by atoms with van der Waals surface area (Å²) in [7, 11) is 0. The maximum atomic E-state index is 12.5. The van der Waals surface area contributed by atoms with E-state index in [0.29, 0.717) is 12.5 Å². The second kappa shape index (κ2) is 6.63. The summed E-state index contributed by atoms with van der Waals surface area (Å²) >= 11 is 0. The zero-order chi connectivity index (χ0) is 18.1. The Labute approximate surface area is 147 Å². The Kier molecular flexibility index (Phi) is 4.53. The summed E-state index contributed by atoms with van der Waals surface area (Å²) in [4.78, 5) is 35.0. The number of hydrogen-bond donors (Lipinski definition) is 1. The normalized spacial score (nSPS) is 17.0. The molecule has 0 spiro atoms. The molecule has 0 bridgehead atoms. The molecule has 0 radical (unpaired) electrons. The van der Waals surface area contributed by atoms with Gasteiger partial charge in [0, 0.05) is 30.0 Å². The summed E-state index contributed by atoms with van der Waals surface area (Å²) in [6, 6.07) is 7.85. The molecule has 130 valence electrons. The molecule has 2 amide bonds. The van der Waals surface area contributed by atoms with E-state index in [1.54, 1.807) is 4.90 Å². The molecule has 0 unspecified atom stereocenters. The standard InChI is InChI=1S/C19H22N4O2/c1-11-5-12(2)7-16(6-11)23-10-15(9-17(23)24)18(25)22-19-20-13(3)8-14(4)21-19/h5-8,15H,9-10H2,1-4H3,(H,20,21,22,25)/t15-/m0/s1. The second-order valence-corrected chi connectivity index (χ2v) is 6.71. The number of aryl methyl sites for hydroxylation is 4. The second-order valence-electron chi connectivity index (χ2n) is 6.71. The minimum atomic E-state index is -0.405. The molecule has 1 N–H and O–H groups in total. The van der Waals surface area contributed by atoms with Crippen LogP contribution in [-0.2, 0) is 9.59 Å². The van der Waals surface area contributed by atoms with E-state index in [4.69, 9.17) is 0 Å². The summed E-state index contributed by atoms with van der Waals surface area (Å²) in [5, 5.41) is 2.74. The van der Waals surface area contributed by atoms with E-state index in [-0.39, 0.29) is 18.2 Å². The average molecular weight is 338 g/mol. The molecule has 0 saturated carbocycles. The van der Waals surface area contributed by atoms with Gasteiger partial charge in [-0.05, 0) is 57.0 Å². The summed E-state index contributed by atoms with van der Waals surface area (Å²) in [6.45, 7) is 8.08. The third-order valence-electron chi connectivity index (χ3n) is 4.23.